The van der Waals surface area contributed by atoms with Crippen molar-refractivity contribution in [3.63, 3.8) is 0 Å². The van der Waals surface area contributed by atoms with Gasteiger partial charge in [0.25, 0.3) is 0 Å². The van der Waals surface area contributed by atoms with Crippen molar-refractivity contribution < 1.29 is 9.53 Å². The second kappa shape index (κ2) is 9.53. The number of ether oxygens (including phenoxy) is 1. The zero-order chi connectivity index (χ0) is 22.6. The Bertz CT molecular complexity index is 1050. The van der Waals surface area contributed by atoms with Crippen LogP contribution in [0.2, 0.25) is 0 Å². The summed E-state index contributed by atoms with van der Waals surface area (Å²) in [7, 11) is 5.43. The van der Waals surface area contributed by atoms with E-state index in [0.29, 0.717) is 0 Å². The van der Waals surface area contributed by atoms with Gasteiger partial charge in [-0.05, 0) is 48.2 Å². The van der Waals surface area contributed by atoms with Gasteiger partial charge in [-0.2, -0.15) is 0 Å². The number of methoxy groups -OCH3 is 1. The van der Waals surface area contributed by atoms with E-state index >= 15 is 0 Å². The van der Waals surface area contributed by atoms with Crippen LogP contribution in [0.5, 0.6) is 5.75 Å². The molecule has 1 aliphatic heterocycles. The van der Waals surface area contributed by atoms with Crippen LogP contribution in [0.3, 0.4) is 0 Å². The van der Waals surface area contributed by atoms with Gasteiger partial charge in [0.05, 0.1) is 12.5 Å². The van der Waals surface area contributed by atoms with E-state index in [2.05, 4.69) is 46.3 Å². The summed E-state index contributed by atoms with van der Waals surface area (Å²) in [6, 6.07) is 20.7. The number of pyridine rings is 1. The fourth-order valence-electron chi connectivity index (χ4n) is 4.78. The third-order valence-corrected chi connectivity index (χ3v) is 6.37. The number of rotatable bonds is 7. The van der Waals surface area contributed by atoms with E-state index < -0.39 is 5.41 Å². The van der Waals surface area contributed by atoms with Crippen LogP contribution in [0.15, 0.2) is 73.1 Å². The topological polar surface area (TPSA) is 45.7 Å². The largest absolute Gasteiger partial charge is 0.496 e. The number of benzene rings is 2. The highest BCUT2D eigenvalue weighted by Crippen LogP contribution is 2.37. The first kappa shape index (κ1) is 22.0. The second-order valence-electron chi connectivity index (χ2n) is 8.87. The summed E-state index contributed by atoms with van der Waals surface area (Å²) in [5.41, 5.74) is 4.17. The molecule has 4 rings (SSSR count). The first-order valence-corrected chi connectivity index (χ1v) is 11.1. The summed E-state index contributed by atoms with van der Waals surface area (Å²) in [5, 5.41) is 0. The smallest absolute Gasteiger partial charge is 0.229 e. The molecule has 0 bridgehead atoms. The molecule has 5 heteroatoms. The number of carbonyl (C=O) groups is 1. The van der Waals surface area contributed by atoms with Gasteiger partial charge in [-0.25, -0.2) is 0 Å². The van der Waals surface area contributed by atoms with Crippen LogP contribution >= 0.6 is 0 Å². The van der Waals surface area contributed by atoms with Crippen molar-refractivity contribution in [2.75, 3.05) is 34.3 Å². The van der Waals surface area contributed by atoms with Crippen LogP contribution in [0.1, 0.15) is 17.5 Å². The van der Waals surface area contributed by atoms with Gasteiger partial charge in [0.2, 0.25) is 5.91 Å². The van der Waals surface area contributed by atoms with Gasteiger partial charge in [0.15, 0.2) is 0 Å². The number of para-hydroxylation sites is 1. The van der Waals surface area contributed by atoms with E-state index in [0.717, 1.165) is 54.9 Å². The lowest BCUT2D eigenvalue weighted by atomic mass is 9.79. The molecule has 1 amide bonds. The number of hydrogen-bond acceptors (Lipinski definition) is 4. The highest BCUT2D eigenvalue weighted by atomic mass is 16.5. The molecule has 32 heavy (non-hydrogen) atoms. The molecule has 1 saturated heterocycles. The number of nitrogens with zero attached hydrogens (tertiary/aromatic N) is 3. The Morgan fingerprint density at radius 3 is 2.53 bits per heavy atom. The van der Waals surface area contributed by atoms with Crippen LogP contribution in [-0.2, 0) is 17.8 Å². The highest BCUT2D eigenvalue weighted by molar-refractivity contribution is 5.83. The Morgan fingerprint density at radius 2 is 1.84 bits per heavy atom. The predicted molar refractivity (Wildman–Crippen MR) is 127 cm³/mol. The Morgan fingerprint density at radius 1 is 1.06 bits per heavy atom. The van der Waals surface area contributed by atoms with Gasteiger partial charge in [0, 0.05) is 45.1 Å². The van der Waals surface area contributed by atoms with Crippen molar-refractivity contribution in [2.45, 2.75) is 19.4 Å². The molecule has 1 fully saturated rings. The summed E-state index contributed by atoms with van der Waals surface area (Å²) < 4.78 is 5.53. The van der Waals surface area contributed by atoms with Crippen LogP contribution in [-0.4, -0.2) is 55.0 Å². The van der Waals surface area contributed by atoms with Gasteiger partial charge in [-0.3, -0.25) is 14.7 Å². The average molecular weight is 430 g/mol. The van der Waals surface area contributed by atoms with Crippen LogP contribution in [0, 0.1) is 5.41 Å². The zero-order valence-electron chi connectivity index (χ0n) is 19.1. The molecule has 0 radical (unpaired) electrons. The normalized spacial score (nSPS) is 18.5. The van der Waals surface area contributed by atoms with Crippen molar-refractivity contribution in [3.05, 3.63) is 84.2 Å². The Balaban J connectivity index is 1.53. The monoisotopic (exact) mass is 429 g/mol. The fourth-order valence-corrected chi connectivity index (χ4v) is 4.78. The fraction of sp³-hybridized carbons (Fsp3) is 0.333. The standard InChI is InChI=1S/C27H31N3O2/c1-29(2)26(31)27(14-16-30(20-27)19-24-7-4-5-9-25(24)32-3)17-21-10-12-22(13-11-21)23-8-6-15-28-18-23/h4-13,15,18H,14,16-17,19-20H2,1-3H3. The molecule has 166 valence electrons. The van der Waals surface area contributed by atoms with Crippen LogP contribution in [0.4, 0.5) is 0 Å². The van der Waals surface area contributed by atoms with E-state index in [4.69, 9.17) is 4.74 Å². The Labute approximate surface area is 190 Å². The molecule has 0 N–H and O–H groups in total. The molecule has 2 heterocycles. The van der Waals surface area contributed by atoms with Crippen molar-refractivity contribution >= 4 is 5.91 Å². The Hall–Kier alpha value is -3.18. The number of hydrogen-bond donors (Lipinski definition) is 0. The van der Waals surface area contributed by atoms with Crippen molar-refractivity contribution in [2.24, 2.45) is 5.41 Å². The maximum Gasteiger partial charge on any atom is 0.229 e. The first-order chi connectivity index (χ1) is 15.5. The van der Waals surface area contributed by atoms with E-state index in [1.807, 2.05) is 44.6 Å². The molecular formula is C27H31N3O2. The van der Waals surface area contributed by atoms with Crippen molar-refractivity contribution in [3.8, 4) is 16.9 Å². The molecule has 0 saturated carbocycles. The van der Waals surface area contributed by atoms with Crippen LogP contribution in [0.25, 0.3) is 11.1 Å². The summed E-state index contributed by atoms with van der Waals surface area (Å²) in [4.78, 5) is 21.7. The van der Waals surface area contributed by atoms with Gasteiger partial charge in [-0.1, -0.05) is 48.5 Å². The first-order valence-electron chi connectivity index (χ1n) is 11.1. The molecule has 3 aromatic rings. The summed E-state index contributed by atoms with van der Waals surface area (Å²) in [6.07, 6.45) is 5.24. The molecule has 2 aromatic carbocycles. The quantitative estimate of drug-likeness (QED) is 0.562. The summed E-state index contributed by atoms with van der Waals surface area (Å²) >= 11 is 0. The number of aromatic nitrogens is 1. The lowest BCUT2D eigenvalue weighted by molar-refractivity contribution is -0.138. The summed E-state index contributed by atoms with van der Waals surface area (Å²) in [6.45, 7) is 2.42. The molecule has 1 unspecified atom stereocenters. The second-order valence-corrected chi connectivity index (χ2v) is 8.87. The highest BCUT2D eigenvalue weighted by Gasteiger charge is 2.45. The van der Waals surface area contributed by atoms with E-state index in [-0.39, 0.29) is 5.91 Å². The van der Waals surface area contributed by atoms with Gasteiger partial charge >= 0.3 is 0 Å². The van der Waals surface area contributed by atoms with Gasteiger partial charge < -0.3 is 9.64 Å². The maximum atomic E-state index is 13.3. The average Bonchev–Trinajstić information content (AvgIpc) is 3.23. The number of amides is 1. The van der Waals surface area contributed by atoms with E-state index in [1.54, 1.807) is 18.2 Å². The molecule has 1 atom stereocenters. The van der Waals surface area contributed by atoms with Crippen molar-refractivity contribution in [1.82, 2.24) is 14.8 Å². The Kier molecular flexibility index (Phi) is 6.56. The molecule has 5 nitrogen and oxygen atoms in total. The molecule has 1 aromatic heterocycles. The van der Waals surface area contributed by atoms with Gasteiger partial charge in [-0.15, -0.1) is 0 Å². The minimum Gasteiger partial charge on any atom is -0.496 e. The van der Waals surface area contributed by atoms with Crippen molar-refractivity contribution in [1.29, 1.82) is 0 Å². The molecule has 0 spiro atoms. The SMILES string of the molecule is COc1ccccc1CN1CCC(Cc2ccc(-c3cccnc3)cc2)(C(=O)N(C)C)C1. The zero-order valence-corrected chi connectivity index (χ0v) is 19.1. The van der Waals surface area contributed by atoms with E-state index in [9.17, 15) is 4.79 Å². The molecule has 0 aliphatic carbocycles. The minimum atomic E-state index is -0.415. The minimum absolute atomic E-state index is 0.205. The summed E-state index contributed by atoms with van der Waals surface area (Å²) in [5.74, 6) is 1.10. The van der Waals surface area contributed by atoms with Gasteiger partial charge in [0.1, 0.15) is 5.75 Å². The predicted octanol–water partition coefficient (Wildman–Crippen LogP) is 4.28. The maximum absolute atomic E-state index is 13.3. The lowest BCUT2D eigenvalue weighted by Crippen LogP contribution is -2.43. The van der Waals surface area contributed by atoms with Crippen LogP contribution < -0.4 is 4.74 Å². The third-order valence-electron chi connectivity index (χ3n) is 6.37. The third kappa shape index (κ3) is 4.68. The van der Waals surface area contributed by atoms with E-state index in [1.165, 1.54) is 5.56 Å². The number of carbonyl (C=O) groups excluding carboxylic acids is 1. The molecule has 1 aliphatic rings. The lowest BCUT2D eigenvalue weighted by Gasteiger charge is -2.31. The molecular weight excluding hydrogens is 398 g/mol. The number of likely N-dealkylation sites (tertiary alicyclic amines) is 1.